The van der Waals surface area contributed by atoms with E-state index >= 15 is 0 Å². The molecule has 8 heteroatoms. The molecule has 0 bridgehead atoms. The average Bonchev–Trinajstić information content (AvgIpc) is 2.93. The third-order valence-corrected chi connectivity index (χ3v) is 7.28. The summed E-state index contributed by atoms with van der Waals surface area (Å²) in [6.45, 7) is 7.94. The zero-order valence-electron chi connectivity index (χ0n) is 22.8. The molecular formula is C30H40N4O4. The molecule has 2 aromatic carbocycles. The lowest BCUT2D eigenvalue weighted by atomic mass is 9.81. The van der Waals surface area contributed by atoms with Gasteiger partial charge in [0.05, 0.1) is 0 Å². The largest absolute Gasteiger partial charge is 0.350 e. The molecule has 0 heterocycles. The van der Waals surface area contributed by atoms with Gasteiger partial charge in [-0.2, -0.15) is 0 Å². The molecule has 0 spiro atoms. The van der Waals surface area contributed by atoms with Crippen LogP contribution in [0, 0.1) is 11.8 Å². The molecule has 4 amide bonds. The number of benzene rings is 2. The first kappa shape index (κ1) is 28.9. The topological polar surface area (TPSA) is 116 Å². The highest BCUT2D eigenvalue weighted by atomic mass is 16.2. The Morgan fingerprint density at radius 3 is 1.24 bits per heavy atom. The van der Waals surface area contributed by atoms with Crippen molar-refractivity contribution in [1.29, 1.82) is 0 Å². The van der Waals surface area contributed by atoms with Crippen LogP contribution in [0.1, 0.15) is 86.9 Å². The summed E-state index contributed by atoms with van der Waals surface area (Å²) in [6.07, 6.45) is 4.25. The fourth-order valence-electron chi connectivity index (χ4n) is 4.33. The van der Waals surface area contributed by atoms with Gasteiger partial charge in [-0.05, 0) is 101 Å². The van der Waals surface area contributed by atoms with E-state index in [2.05, 4.69) is 21.3 Å². The number of nitrogens with one attached hydrogen (secondary N) is 4. The summed E-state index contributed by atoms with van der Waals surface area (Å²) in [5.74, 6) is -0.695. The highest BCUT2D eigenvalue weighted by Gasteiger charge is 2.30. The Morgan fingerprint density at radius 1 is 0.632 bits per heavy atom. The molecule has 1 fully saturated rings. The molecule has 0 radical (unpaired) electrons. The molecule has 2 unspecified atom stereocenters. The van der Waals surface area contributed by atoms with Crippen LogP contribution in [0.5, 0.6) is 0 Å². The van der Waals surface area contributed by atoms with Crippen molar-refractivity contribution >= 4 is 35.0 Å². The second-order valence-corrected chi connectivity index (χ2v) is 10.2. The van der Waals surface area contributed by atoms with E-state index in [0.717, 1.165) is 12.8 Å². The van der Waals surface area contributed by atoms with Crippen molar-refractivity contribution in [2.75, 3.05) is 10.6 Å². The van der Waals surface area contributed by atoms with Crippen molar-refractivity contribution in [1.82, 2.24) is 10.6 Å². The quantitative estimate of drug-likeness (QED) is 0.348. The van der Waals surface area contributed by atoms with Gasteiger partial charge in [-0.25, -0.2) is 0 Å². The minimum Gasteiger partial charge on any atom is -0.350 e. The van der Waals surface area contributed by atoms with Crippen LogP contribution in [0.2, 0.25) is 0 Å². The maximum Gasteiger partial charge on any atom is 0.251 e. The van der Waals surface area contributed by atoms with E-state index in [1.807, 2.05) is 27.7 Å². The zero-order chi connectivity index (χ0) is 27.7. The summed E-state index contributed by atoms with van der Waals surface area (Å²) in [6, 6.07) is 14.0. The van der Waals surface area contributed by atoms with Gasteiger partial charge in [-0.15, -0.1) is 0 Å². The zero-order valence-corrected chi connectivity index (χ0v) is 22.8. The first-order valence-electron chi connectivity index (χ1n) is 13.6. The lowest BCUT2D eigenvalue weighted by Gasteiger charge is -2.27. The molecule has 2 atom stereocenters. The molecule has 0 saturated heterocycles. The van der Waals surface area contributed by atoms with Crippen molar-refractivity contribution in [3.8, 4) is 0 Å². The van der Waals surface area contributed by atoms with E-state index in [-0.39, 0.29) is 47.5 Å². The maximum absolute atomic E-state index is 12.8. The number of hydrogen-bond donors (Lipinski definition) is 4. The Balaban J connectivity index is 1.44. The van der Waals surface area contributed by atoms with Crippen LogP contribution in [0.15, 0.2) is 48.5 Å². The van der Waals surface area contributed by atoms with E-state index in [9.17, 15) is 19.2 Å². The molecule has 3 rings (SSSR count). The Bertz CT molecular complexity index is 1020. The SMILES string of the molecule is CCC(C)NC(=O)c1ccc(NC(=O)C2CCC(C(=O)Nc3ccc(C(=O)NC(C)CC)cc3)CC2)cc1. The van der Waals surface area contributed by atoms with Crippen molar-refractivity contribution in [2.45, 2.75) is 78.3 Å². The van der Waals surface area contributed by atoms with Gasteiger partial charge in [-0.3, -0.25) is 19.2 Å². The number of carbonyl (C=O) groups excluding carboxylic acids is 4. The van der Waals surface area contributed by atoms with Crippen LogP contribution in [-0.4, -0.2) is 35.7 Å². The lowest BCUT2D eigenvalue weighted by molar-refractivity contribution is -0.125. The second kappa shape index (κ2) is 13.7. The fourth-order valence-corrected chi connectivity index (χ4v) is 4.33. The van der Waals surface area contributed by atoms with Gasteiger partial charge in [0, 0.05) is 46.4 Å². The molecule has 8 nitrogen and oxygen atoms in total. The molecule has 38 heavy (non-hydrogen) atoms. The van der Waals surface area contributed by atoms with Gasteiger partial charge in [0.2, 0.25) is 11.8 Å². The van der Waals surface area contributed by atoms with Crippen LogP contribution < -0.4 is 21.3 Å². The summed E-state index contributed by atoms with van der Waals surface area (Å²) < 4.78 is 0. The first-order valence-corrected chi connectivity index (χ1v) is 13.6. The van der Waals surface area contributed by atoms with Gasteiger partial charge in [0.1, 0.15) is 0 Å². The van der Waals surface area contributed by atoms with Crippen LogP contribution >= 0.6 is 0 Å². The summed E-state index contributed by atoms with van der Waals surface area (Å²) in [5, 5.41) is 11.7. The highest BCUT2D eigenvalue weighted by molar-refractivity contribution is 5.97. The smallest absolute Gasteiger partial charge is 0.251 e. The summed E-state index contributed by atoms with van der Waals surface area (Å²) in [5.41, 5.74) is 2.41. The van der Waals surface area contributed by atoms with E-state index < -0.39 is 0 Å². The minimum absolute atomic E-state index is 0.0630. The molecule has 1 aliphatic carbocycles. The van der Waals surface area contributed by atoms with Crippen molar-refractivity contribution in [3.63, 3.8) is 0 Å². The maximum atomic E-state index is 12.8. The molecule has 0 aromatic heterocycles. The minimum atomic E-state index is -0.157. The second-order valence-electron chi connectivity index (χ2n) is 10.2. The van der Waals surface area contributed by atoms with Crippen LogP contribution in [-0.2, 0) is 9.59 Å². The Labute approximate surface area is 225 Å². The molecule has 1 saturated carbocycles. The molecular weight excluding hydrogens is 480 g/mol. The van der Waals surface area contributed by atoms with Gasteiger partial charge in [-0.1, -0.05) is 13.8 Å². The number of amides is 4. The van der Waals surface area contributed by atoms with E-state index in [4.69, 9.17) is 0 Å². The predicted octanol–water partition coefficient (Wildman–Crippen LogP) is 5.13. The summed E-state index contributed by atoms with van der Waals surface area (Å²) in [4.78, 5) is 50.0. The van der Waals surface area contributed by atoms with Gasteiger partial charge >= 0.3 is 0 Å². The predicted molar refractivity (Wildman–Crippen MR) is 150 cm³/mol. The van der Waals surface area contributed by atoms with Crippen LogP contribution in [0.4, 0.5) is 11.4 Å². The third kappa shape index (κ3) is 8.16. The van der Waals surface area contributed by atoms with Crippen LogP contribution in [0.3, 0.4) is 0 Å². The first-order chi connectivity index (χ1) is 18.2. The van der Waals surface area contributed by atoms with Gasteiger partial charge < -0.3 is 21.3 Å². The molecule has 0 aliphatic heterocycles. The number of carbonyl (C=O) groups is 4. The van der Waals surface area contributed by atoms with E-state index in [1.54, 1.807) is 48.5 Å². The molecule has 2 aromatic rings. The Kier molecular flexibility index (Phi) is 10.4. The molecule has 204 valence electrons. The normalized spacial score (nSPS) is 18.5. The number of hydrogen-bond acceptors (Lipinski definition) is 4. The van der Waals surface area contributed by atoms with Gasteiger partial charge in [0.15, 0.2) is 0 Å². The fraction of sp³-hybridized carbons (Fsp3) is 0.467. The summed E-state index contributed by atoms with van der Waals surface area (Å²) in [7, 11) is 0. The number of rotatable bonds is 10. The lowest BCUT2D eigenvalue weighted by Crippen LogP contribution is -2.32. The van der Waals surface area contributed by atoms with Crippen LogP contribution in [0.25, 0.3) is 0 Å². The van der Waals surface area contributed by atoms with E-state index in [0.29, 0.717) is 48.2 Å². The monoisotopic (exact) mass is 520 g/mol. The van der Waals surface area contributed by atoms with E-state index in [1.165, 1.54) is 0 Å². The highest BCUT2D eigenvalue weighted by Crippen LogP contribution is 2.30. The Hall–Kier alpha value is -3.68. The summed E-state index contributed by atoms with van der Waals surface area (Å²) >= 11 is 0. The molecule has 1 aliphatic rings. The standard InChI is InChI=1S/C30H40N4O4/c1-5-19(3)31-27(35)23-11-15-25(16-12-23)33-29(37)21-7-9-22(10-8-21)30(38)34-26-17-13-24(14-18-26)28(36)32-20(4)6-2/h11-22H,5-10H2,1-4H3,(H,31,35)(H,32,36)(H,33,37)(H,34,38). The Morgan fingerprint density at radius 2 is 0.947 bits per heavy atom. The van der Waals surface area contributed by atoms with Crippen molar-refractivity contribution in [2.24, 2.45) is 11.8 Å². The van der Waals surface area contributed by atoms with Crippen molar-refractivity contribution < 1.29 is 19.2 Å². The average molecular weight is 521 g/mol. The van der Waals surface area contributed by atoms with Gasteiger partial charge in [0.25, 0.3) is 11.8 Å². The molecule has 4 N–H and O–H groups in total. The van der Waals surface area contributed by atoms with Crippen molar-refractivity contribution in [3.05, 3.63) is 59.7 Å². The number of anilines is 2. The third-order valence-electron chi connectivity index (χ3n) is 7.28.